The van der Waals surface area contributed by atoms with E-state index >= 15 is 0 Å². The molecule has 0 aliphatic heterocycles. The molecule has 0 bridgehead atoms. The van der Waals surface area contributed by atoms with Crippen molar-refractivity contribution >= 4 is 34.9 Å². The van der Waals surface area contributed by atoms with Gasteiger partial charge in [-0.25, -0.2) is 0 Å². The third-order valence-corrected chi connectivity index (χ3v) is 6.58. The first-order valence-corrected chi connectivity index (χ1v) is 11.5. The van der Waals surface area contributed by atoms with Crippen molar-refractivity contribution in [1.82, 2.24) is 19.9 Å². The van der Waals surface area contributed by atoms with Crippen LogP contribution >= 0.6 is 23.1 Å². The normalized spacial score (nSPS) is 13.5. The van der Waals surface area contributed by atoms with Crippen molar-refractivity contribution in [1.29, 1.82) is 0 Å². The van der Waals surface area contributed by atoms with Gasteiger partial charge in [-0.2, -0.15) is 0 Å². The summed E-state index contributed by atoms with van der Waals surface area (Å²) >= 11 is 3.03. The van der Waals surface area contributed by atoms with Crippen LogP contribution in [0, 0.1) is 6.92 Å². The largest absolute Gasteiger partial charge is 0.338 e. The molecule has 1 N–H and O–H groups in total. The lowest BCUT2D eigenvalue weighted by Crippen LogP contribution is -2.14. The molecule has 30 heavy (non-hydrogen) atoms. The second-order valence-electron chi connectivity index (χ2n) is 7.16. The Balaban J connectivity index is 1.24. The number of aryl methyl sites for hydroxylation is 1. The zero-order chi connectivity index (χ0) is 20.5. The number of nitrogens with one attached hydrogen (secondary N) is 1. The minimum Gasteiger partial charge on any atom is -0.338 e. The first-order valence-electron chi connectivity index (χ1n) is 9.62. The Hall–Kier alpha value is -2.91. The van der Waals surface area contributed by atoms with Crippen molar-refractivity contribution in [3.05, 3.63) is 53.4 Å². The van der Waals surface area contributed by atoms with Gasteiger partial charge in [-0.3, -0.25) is 14.7 Å². The zero-order valence-electron chi connectivity index (χ0n) is 16.2. The Labute approximate surface area is 181 Å². The Kier molecular flexibility index (Phi) is 5.14. The molecule has 1 aliphatic rings. The number of carbonyl (C=O) groups excluding carboxylic acids is 1. The molecule has 0 saturated heterocycles. The first kappa shape index (κ1) is 19.1. The number of thiophene rings is 1. The number of hydrogen-bond donors (Lipinski definition) is 1. The van der Waals surface area contributed by atoms with Crippen LogP contribution in [0.25, 0.3) is 22.0 Å². The molecule has 1 aliphatic carbocycles. The van der Waals surface area contributed by atoms with Crippen molar-refractivity contribution in [3.8, 4) is 22.0 Å². The van der Waals surface area contributed by atoms with Gasteiger partial charge in [0.2, 0.25) is 11.8 Å². The third-order valence-electron chi connectivity index (χ3n) is 4.77. The van der Waals surface area contributed by atoms with Crippen LogP contribution < -0.4 is 5.32 Å². The van der Waals surface area contributed by atoms with Gasteiger partial charge in [0.25, 0.3) is 0 Å². The minimum atomic E-state index is -0.172. The lowest BCUT2D eigenvalue weighted by Gasteiger charge is -2.07. The van der Waals surface area contributed by atoms with Crippen LogP contribution in [-0.4, -0.2) is 31.6 Å². The van der Waals surface area contributed by atoms with E-state index in [4.69, 9.17) is 4.52 Å². The quantitative estimate of drug-likeness (QED) is 0.408. The Bertz CT molecular complexity index is 1160. The molecule has 1 amide bonds. The van der Waals surface area contributed by atoms with Crippen LogP contribution in [0.15, 0.2) is 57.5 Å². The Morgan fingerprint density at radius 3 is 2.83 bits per heavy atom. The van der Waals surface area contributed by atoms with Crippen molar-refractivity contribution in [3.63, 3.8) is 0 Å². The van der Waals surface area contributed by atoms with Crippen LogP contribution in [0.5, 0.6) is 0 Å². The summed E-state index contributed by atoms with van der Waals surface area (Å²) in [5.41, 5.74) is 2.80. The summed E-state index contributed by atoms with van der Waals surface area (Å²) in [7, 11) is 0. The summed E-state index contributed by atoms with van der Waals surface area (Å²) in [6.45, 7) is 2.03. The molecule has 3 heterocycles. The van der Waals surface area contributed by atoms with E-state index in [0.717, 1.165) is 34.3 Å². The smallest absolute Gasteiger partial charge is 0.237 e. The maximum absolute atomic E-state index is 12.4. The average Bonchev–Trinajstić information content (AvgIpc) is 3.14. The fourth-order valence-corrected chi connectivity index (χ4v) is 4.62. The summed E-state index contributed by atoms with van der Waals surface area (Å²) in [6, 6.07) is 14.2. The highest BCUT2D eigenvalue weighted by Gasteiger charge is 2.30. The topological polar surface area (TPSA) is 85.8 Å². The Morgan fingerprint density at radius 2 is 2.10 bits per heavy atom. The number of anilines is 1. The fraction of sp³-hybridized carbons (Fsp3) is 0.238. The molecule has 0 atom stereocenters. The first-order chi connectivity index (χ1) is 14.7. The molecular weight excluding hydrogens is 418 g/mol. The summed E-state index contributed by atoms with van der Waals surface area (Å²) < 4.78 is 7.43. The maximum Gasteiger partial charge on any atom is 0.237 e. The summed E-state index contributed by atoms with van der Waals surface area (Å²) in [5, 5.41) is 18.3. The van der Waals surface area contributed by atoms with Gasteiger partial charge in [-0.15, -0.1) is 21.5 Å². The SMILES string of the molecule is Cc1ccc(-c2cc(NC(=O)CSc3nnc(-c4cccs4)n3C3CC3)on2)cc1. The predicted octanol–water partition coefficient (Wildman–Crippen LogP) is 5.04. The fourth-order valence-electron chi connectivity index (χ4n) is 3.11. The van der Waals surface area contributed by atoms with E-state index < -0.39 is 0 Å². The Morgan fingerprint density at radius 1 is 1.27 bits per heavy atom. The van der Waals surface area contributed by atoms with Crippen molar-refractivity contribution < 1.29 is 9.32 Å². The molecule has 9 heteroatoms. The van der Waals surface area contributed by atoms with E-state index in [1.807, 2.05) is 48.7 Å². The van der Waals surface area contributed by atoms with Gasteiger partial charge < -0.3 is 4.52 Å². The van der Waals surface area contributed by atoms with Crippen LogP contribution in [0.4, 0.5) is 5.88 Å². The number of amides is 1. The van der Waals surface area contributed by atoms with Crippen LogP contribution in [-0.2, 0) is 4.79 Å². The maximum atomic E-state index is 12.4. The molecule has 4 aromatic rings. The van der Waals surface area contributed by atoms with Gasteiger partial charge in [0, 0.05) is 17.7 Å². The number of thioether (sulfide) groups is 1. The predicted molar refractivity (Wildman–Crippen MR) is 118 cm³/mol. The van der Waals surface area contributed by atoms with E-state index in [1.165, 1.54) is 17.3 Å². The zero-order valence-corrected chi connectivity index (χ0v) is 17.9. The minimum absolute atomic E-state index is 0.172. The molecule has 0 radical (unpaired) electrons. The highest BCUT2D eigenvalue weighted by atomic mass is 32.2. The molecule has 5 rings (SSSR count). The van der Waals surface area contributed by atoms with Crippen molar-refractivity contribution in [2.45, 2.75) is 31.0 Å². The summed E-state index contributed by atoms with van der Waals surface area (Å²) in [5.74, 6) is 1.26. The monoisotopic (exact) mass is 437 g/mol. The molecule has 3 aromatic heterocycles. The molecular formula is C21H19N5O2S2. The van der Waals surface area contributed by atoms with Crippen LogP contribution in [0.3, 0.4) is 0 Å². The lowest BCUT2D eigenvalue weighted by molar-refractivity contribution is -0.113. The molecule has 1 fully saturated rings. The van der Waals surface area contributed by atoms with E-state index in [1.54, 1.807) is 17.4 Å². The van der Waals surface area contributed by atoms with Crippen molar-refractivity contribution in [2.24, 2.45) is 0 Å². The number of aromatic nitrogens is 4. The lowest BCUT2D eigenvalue weighted by atomic mass is 10.1. The van der Waals surface area contributed by atoms with Gasteiger partial charge in [0.15, 0.2) is 11.0 Å². The van der Waals surface area contributed by atoms with Gasteiger partial charge in [0.05, 0.1) is 10.6 Å². The number of nitrogens with zero attached hydrogens (tertiary/aromatic N) is 4. The molecule has 0 unspecified atom stereocenters. The number of benzene rings is 1. The van der Waals surface area contributed by atoms with Gasteiger partial charge in [-0.1, -0.05) is 52.8 Å². The van der Waals surface area contributed by atoms with E-state index in [0.29, 0.717) is 17.6 Å². The second kappa shape index (κ2) is 8.08. The molecule has 152 valence electrons. The van der Waals surface area contributed by atoms with E-state index in [2.05, 4.69) is 25.2 Å². The van der Waals surface area contributed by atoms with Gasteiger partial charge in [-0.05, 0) is 31.2 Å². The van der Waals surface area contributed by atoms with Crippen LogP contribution in [0.1, 0.15) is 24.4 Å². The summed E-state index contributed by atoms with van der Waals surface area (Å²) in [6.07, 6.45) is 2.24. The molecule has 1 aromatic carbocycles. The number of carbonyl (C=O) groups is 1. The van der Waals surface area contributed by atoms with Gasteiger partial charge >= 0.3 is 0 Å². The summed E-state index contributed by atoms with van der Waals surface area (Å²) in [4.78, 5) is 13.5. The molecule has 1 saturated carbocycles. The van der Waals surface area contributed by atoms with Crippen molar-refractivity contribution in [2.75, 3.05) is 11.1 Å². The third kappa shape index (κ3) is 4.03. The molecule has 0 spiro atoms. The number of hydrogen-bond acceptors (Lipinski definition) is 7. The second-order valence-corrected chi connectivity index (χ2v) is 9.05. The van der Waals surface area contributed by atoms with E-state index in [9.17, 15) is 4.79 Å². The standard InChI is InChI=1S/C21H19N5O2S2/c1-13-4-6-14(7-5-13)16-11-19(28-25-16)22-18(27)12-30-21-24-23-20(17-3-2-10-29-17)26(21)15-8-9-15/h2-7,10-11,15H,8-9,12H2,1H3,(H,22,27). The highest BCUT2D eigenvalue weighted by molar-refractivity contribution is 7.99. The number of rotatable bonds is 7. The van der Waals surface area contributed by atoms with Crippen LogP contribution in [0.2, 0.25) is 0 Å². The highest BCUT2D eigenvalue weighted by Crippen LogP contribution is 2.41. The molecule has 7 nitrogen and oxygen atoms in total. The average molecular weight is 438 g/mol. The van der Waals surface area contributed by atoms with Gasteiger partial charge in [0.1, 0.15) is 5.69 Å². The van der Waals surface area contributed by atoms with E-state index in [-0.39, 0.29) is 11.7 Å².